The summed E-state index contributed by atoms with van der Waals surface area (Å²) in [5.74, 6) is -1.04. The van der Waals surface area contributed by atoms with Crippen LogP contribution in [0.4, 0.5) is 13.2 Å². The summed E-state index contributed by atoms with van der Waals surface area (Å²) in [6.07, 6.45) is -3.26. The number of carbonyl (C=O) groups is 1. The van der Waals surface area contributed by atoms with Crippen molar-refractivity contribution in [2.75, 3.05) is 0 Å². The molecule has 2 heterocycles. The zero-order valence-corrected chi connectivity index (χ0v) is 11.9. The van der Waals surface area contributed by atoms with Gasteiger partial charge in [-0.25, -0.2) is 0 Å². The van der Waals surface area contributed by atoms with Gasteiger partial charge in [0.2, 0.25) is 0 Å². The first kappa shape index (κ1) is 15.8. The van der Waals surface area contributed by atoms with Crippen molar-refractivity contribution in [3.8, 4) is 0 Å². The van der Waals surface area contributed by atoms with Gasteiger partial charge in [0.25, 0.3) is 11.6 Å². The molecule has 2 rings (SSSR count). The lowest BCUT2D eigenvalue weighted by molar-refractivity contribution is -0.303. The van der Waals surface area contributed by atoms with Crippen LogP contribution in [0.15, 0.2) is 17.5 Å². The molecule has 10 heteroatoms. The van der Waals surface area contributed by atoms with Crippen LogP contribution in [-0.4, -0.2) is 43.4 Å². The highest BCUT2D eigenvalue weighted by Gasteiger charge is 2.63. The molecule has 0 saturated heterocycles. The van der Waals surface area contributed by atoms with Crippen LogP contribution in [-0.2, 0) is 4.79 Å². The van der Waals surface area contributed by atoms with Gasteiger partial charge in [0.1, 0.15) is 6.04 Å². The molecular weight excluding hydrogens is 313 g/mol. The Morgan fingerprint density at radius 3 is 2.67 bits per heavy atom. The van der Waals surface area contributed by atoms with Crippen molar-refractivity contribution in [2.24, 2.45) is 5.10 Å². The molecule has 1 aliphatic rings. The molecule has 6 nitrogen and oxygen atoms in total. The molecule has 1 aromatic heterocycles. The van der Waals surface area contributed by atoms with Crippen LogP contribution in [0, 0.1) is 0 Å². The summed E-state index contributed by atoms with van der Waals surface area (Å²) in [6, 6.07) is -1.10. The number of rotatable bonds is 2. The van der Waals surface area contributed by atoms with E-state index in [9.17, 15) is 23.1 Å². The number of nitrogens with zero attached hydrogens (tertiary/aromatic N) is 4. The Kier molecular flexibility index (Phi) is 3.75. The number of alkyl halides is 3. The van der Waals surface area contributed by atoms with Crippen LogP contribution >= 0.6 is 11.6 Å². The number of carbonyl (C=O) groups excluding carboxylic acids is 1. The number of amides is 1. The third kappa shape index (κ3) is 2.62. The van der Waals surface area contributed by atoms with Crippen molar-refractivity contribution in [1.29, 1.82) is 0 Å². The minimum absolute atomic E-state index is 0.00822. The van der Waals surface area contributed by atoms with Crippen LogP contribution in [0.25, 0.3) is 0 Å². The first-order valence-corrected chi connectivity index (χ1v) is 6.31. The molecule has 1 amide bonds. The third-order valence-electron chi connectivity index (χ3n) is 3.11. The van der Waals surface area contributed by atoms with Crippen molar-refractivity contribution >= 4 is 23.2 Å². The van der Waals surface area contributed by atoms with Crippen molar-refractivity contribution in [1.82, 2.24) is 14.8 Å². The summed E-state index contributed by atoms with van der Waals surface area (Å²) in [7, 11) is 0. The molecule has 1 aliphatic heterocycles. The van der Waals surface area contributed by atoms with Gasteiger partial charge in [0.05, 0.1) is 11.2 Å². The van der Waals surface area contributed by atoms with E-state index in [1.54, 1.807) is 0 Å². The molecule has 2 atom stereocenters. The molecule has 1 N–H and O–H groups in total. The summed E-state index contributed by atoms with van der Waals surface area (Å²) in [5, 5.41) is 17.4. The normalized spacial score (nSPS) is 24.1. The molecule has 0 fully saturated rings. The Hall–Kier alpha value is -1.61. The number of hydrazone groups is 1. The second kappa shape index (κ2) is 4.99. The lowest BCUT2D eigenvalue weighted by Crippen LogP contribution is -2.57. The maximum atomic E-state index is 13.0. The molecule has 21 heavy (non-hydrogen) atoms. The van der Waals surface area contributed by atoms with Crippen LogP contribution < -0.4 is 0 Å². The Balaban J connectivity index is 2.32. The van der Waals surface area contributed by atoms with E-state index in [1.165, 1.54) is 26.2 Å². The van der Waals surface area contributed by atoms with E-state index in [0.29, 0.717) is 0 Å². The molecule has 116 valence electrons. The summed E-state index contributed by atoms with van der Waals surface area (Å²) >= 11 is 5.66. The summed E-state index contributed by atoms with van der Waals surface area (Å²) in [6.45, 7) is 2.64. The first-order valence-electron chi connectivity index (χ1n) is 5.93. The predicted molar refractivity (Wildman–Crippen MR) is 67.5 cm³/mol. The smallest absolute Gasteiger partial charge is 0.362 e. The number of aromatic nitrogens is 2. The van der Waals surface area contributed by atoms with E-state index in [4.69, 9.17) is 11.6 Å². The number of hydrogen-bond donors (Lipinski definition) is 1. The standard InChI is InChI=1S/C11H12ClF3N4O2/c1-6-3-10(21,11(13,14)15)19(17-6)9(20)7(2)18-5-8(12)4-16-18/h4-5,7,21H,3H2,1-2H3/t7-,10-/m0/s1. The van der Waals surface area contributed by atoms with Crippen LogP contribution in [0.3, 0.4) is 0 Å². The fourth-order valence-electron chi connectivity index (χ4n) is 1.99. The Morgan fingerprint density at radius 1 is 1.57 bits per heavy atom. The fraction of sp³-hybridized carbons (Fsp3) is 0.545. The molecule has 0 aliphatic carbocycles. The van der Waals surface area contributed by atoms with Crippen LogP contribution in [0.1, 0.15) is 26.3 Å². The maximum Gasteiger partial charge on any atom is 0.438 e. The van der Waals surface area contributed by atoms with E-state index in [-0.39, 0.29) is 15.7 Å². The summed E-state index contributed by atoms with van der Waals surface area (Å²) in [5.41, 5.74) is -3.33. The van der Waals surface area contributed by atoms with E-state index in [2.05, 4.69) is 10.2 Å². The van der Waals surface area contributed by atoms with Crippen molar-refractivity contribution in [3.05, 3.63) is 17.4 Å². The second-order valence-electron chi connectivity index (χ2n) is 4.79. The number of halogens is 4. The van der Waals surface area contributed by atoms with Crippen molar-refractivity contribution in [3.63, 3.8) is 0 Å². The summed E-state index contributed by atoms with van der Waals surface area (Å²) in [4.78, 5) is 12.2. The Bertz CT molecular complexity index is 601. The molecule has 0 saturated carbocycles. The molecule has 0 spiro atoms. The average molecular weight is 325 g/mol. The van der Waals surface area contributed by atoms with Gasteiger partial charge in [-0.05, 0) is 13.8 Å². The van der Waals surface area contributed by atoms with Gasteiger partial charge in [0.15, 0.2) is 0 Å². The van der Waals surface area contributed by atoms with Crippen molar-refractivity contribution < 1.29 is 23.1 Å². The van der Waals surface area contributed by atoms with Gasteiger partial charge < -0.3 is 5.11 Å². The lowest BCUT2D eigenvalue weighted by atomic mass is 10.1. The quantitative estimate of drug-likeness (QED) is 0.904. The lowest BCUT2D eigenvalue weighted by Gasteiger charge is -2.33. The minimum Gasteiger partial charge on any atom is -0.362 e. The molecule has 0 unspecified atom stereocenters. The highest BCUT2D eigenvalue weighted by atomic mass is 35.5. The van der Waals surface area contributed by atoms with Gasteiger partial charge in [-0.3, -0.25) is 9.48 Å². The Morgan fingerprint density at radius 2 is 2.19 bits per heavy atom. The monoisotopic (exact) mass is 324 g/mol. The SMILES string of the molecule is CC1=NN(C(=O)[C@H](C)n2cc(Cl)cn2)[C@@](O)(C(F)(F)F)C1. The van der Waals surface area contributed by atoms with Crippen LogP contribution in [0.2, 0.25) is 5.02 Å². The number of aliphatic hydroxyl groups is 1. The molecule has 0 radical (unpaired) electrons. The molecule has 1 aromatic rings. The van der Waals surface area contributed by atoms with Gasteiger partial charge in [0, 0.05) is 18.3 Å². The maximum absolute atomic E-state index is 13.0. The third-order valence-corrected chi connectivity index (χ3v) is 3.31. The topological polar surface area (TPSA) is 70.7 Å². The summed E-state index contributed by atoms with van der Waals surface area (Å²) < 4.78 is 40.2. The Labute approximate surface area is 122 Å². The highest BCUT2D eigenvalue weighted by molar-refractivity contribution is 6.30. The largest absolute Gasteiger partial charge is 0.438 e. The average Bonchev–Trinajstić information content (AvgIpc) is 2.91. The highest BCUT2D eigenvalue weighted by Crippen LogP contribution is 2.41. The number of hydrogen-bond acceptors (Lipinski definition) is 4. The molecule has 0 aromatic carbocycles. The predicted octanol–water partition coefficient (Wildman–Crippen LogP) is 1.96. The minimum atomic E-state index is -5.02. The van der Waals surface area contributed by atoms with Gasteiger partial charge in [-0.15, -0.1) is 0 Å². The fourth-order valence-corrected chi connectivity index (χ4v) is 2.13. The zero-order chi connectivity index (χ0) is 16.0. The van der Waals surface area contributed by atoms with Gasteiger partial charge in [-0.2, -0.15) is 28.4 Å². The van der Waals surface area contributed by atoms with E-state index >= 15 is 0 Å². The van der Waals surface area contributed by atoms with E-state index in [0.717, 1.165) is 4.68 Å². The van der Waals surface area contributed by atoms with Crippen LogP contribution in [0.5, 0.6) is 0 Å². The van der Waals surface area contributed by atoms with Gasteiger partial charge >= 0.3 is 6.18 Å². The van der Waals surface area contributed by atoms with Gasteiger partial charge in [-0.1, -0.05) is 11.6 Å². The van der Waals surface area contributed by atoms with Crippen molar-refractivity contribution in [2.45, 2.75) is 38.2 Å². The van der Waals surface area contributed by atoms with E-state index in [1.807, 2.05) is 0 Å². The zero-order valence-electron chi connectivity index (χ0n) is 11.1. The molecule has 0 bridgehead atoms. The molecular formula is C11H12ClF3N4O2. The van der Waals surface area contributed by atoms with E-state index < -0.39 is 30.3 Å². The first-order chi connectivity index (χ1) is 9.56. The second-order valence-corrected chi connectivity index (χ2v) is 5.23.